The first-order valence-corrected chi connectivity index (χ1v) is 9.56. The second-order valence-corrected chi connectivity index (χ2v) is 7.79. The summed E-state index contributed by atoms with van der Waals surface area (Å²) >= 11 is 0. The minimum Gasteiger partial charge on any atom is -0.394 e. The van der Waals surface area contributed by atoms with E-state index in [-0.39, 0.29) is 6.42 Å². The van der Waals surface area contributed by atoms with Gasteiger partial charge in [0.1, 0.15) is 36.6 Å². The molecule has 0 aromatic rings. The highest BCUT2D eigenvalue weighted by atomic mass is 16.8. The molecule has 3 rings (SSSR count). The third-order valence-electron chi connectivity index (χ3n) is 5.61. The molecule has 12 heteroatoms. The number of ether oxygens (including phenoxy) is 4. The molecule has 0 bridgehead atoms. The molecule has 12 atom stereocenters. The first-order valence-electron chi connectivity index (χ1n) is 9.56. The second-order valence-electron chi connectivity index (χ2n) is 7.79. The third-order valence-corrected chi connectivity index (χ3v) is 5.61. The first-order chi connectivity index (χ1) is 14.1. The third kappa shape index (κ3) is 4.38. The van der Waals surface area contributed by atoms with E-state index in [1.54, 1.807) is 0 Å². The zero-order valence-electron chi connectivity index (χ0n) is 16.1. The molecule has 2 fully saturated rings. The van der Waals surface area contributed by atoms with E-state index < -0.39 is 79.7 Å². The maximum atomic E-state index is 10.6. The van der Waals surface area contributed by atoms with Crippen LogP contribution in [0.15, 0.2) is 12.2 Å². The Balaban J connectivity index is 1.72. The Morgan fingerprint density at radius 3 is 2.30 bits per heavy atom. The molecule has 2 saturated heterocycles. The Labute approximate surface area is 172 Å². The number of nitriles is 1. The first kappa shape index (κ1) is 23.5. The number of nitrogens with zero attached hydrogens (tertiary/aromatic N) is 1. The molecular weight excluding hydrogens is 406 g/mol. The summed E-state index contributed by atoms with van der Waals surface area (Å²) in [4.78, 5) is 0. The van der Waals surface area contributed by atoms with Crippen molar-refractivity contribution in [2.45, 2.75) is 80.5 Å². The molecule has 2 aliphatic heterocycles. The molecule has 2 heterocycles. The zero-order chi connectivity index (χ0) is 22.2. The van der Waals surface area contributed by atoms with Gasteiger partial charge < -0.3 is 54.7 Å². The van der Waals surface area contributed by atoms with Gasteiger partial charge in [-0.2, -0.15) is 5.26 Å². The summed E-state index contributed by atoms with van der Waals surface area (Å²) in [6.45, 7) is 0.812. The van der Waals surface area contributed by atoms with E-state index in [0.717, 1.165) is 0 Å². The molecule has 30 heavy (non-hydrogen) atoms. The highest BCUT2D eigenvalue weighted by molar-refractivity contribution is 5.24. The van der Waals surface area contributed by atoms with Gasteiger partial charge in [0.15, 0.2) is 24.5 Å². The molecule has 3 aliphatic rings. The maximum absolute atomic E-state index is 10.6. The largest absolute Gasteiger partial charge is 0.394 e. The summed E-state index contributed by atoms with van der Waals surface area (Å²) in [6.07, 6.45) is -11.8. The molecule has 0 spiro atoms. The van der Waals surface area contributed by atoms with E-state index in [4.69, 9.17) is 18.9 Å². The van der Waals surface area contributed by atoms with Crippen LogP contribution in [0.1, 0.15) is 13.3 Å². The van der Waals surface area contributed by atoms with Crippen molar-refractivity contribution < 1.29 is 54.7 Å². The van der Waals surface area contributed by atoms with Crippen molar-refractivity contribution in [2.24, 2.45) is 5.92 Å². The number of aliphatic hydroxyl groups is 7. The topological polar surface area (TPSA) is 202 Å². The Hall–Kier alpha value is -1.21. The molecule has 170 valence electrons. The lowest BCUT2D eigenvalue weighted by Crippen LogP contribution is -2.63. The molecule has 0 aromatic heterocycles. The molecule has 1 aliphatic carbocycles. The monoisotopic (exact) mass is 433 g/mol. The zero-order valence-corrected chi connectivity index (χ0v) is 16.1. The van der Waals surface area contributed by atoms with Crippen molar-refractivity contribution in [1.29, 1.82) is 5.26 Å². The van der Waals surface area contributed by atoms with E-state index in [1.165, 1.54) is 19.1 Å². The lowest BCUT2D eigenvalue weighted by Gasteiger charge is -2.46. The predicted octanol–water partition coefficient (Wildman–Crippen LogP) is -3.56. The van der Waals surface area contributed by atoms with E-state index >= 15 is 0 Å². The van der Waals surface area contributed by atoms with Crippen LogP contribution in [0.5, 0.6) is 0 Å². The van der Waals surface area contributed by atoms with Crippen LogP contribution in [0.4, 0.5) is 0 Å². The van der Waals surface area contributed by atoms with Gasteiger partial charge in [0.25, 0.3) is 0 Å². The number of hydrogen-bond acceptors (Lipinski definition) is 12. The van der Waals surface area contributed by atoms with Gasteiger partial charge in [0, 0.05) is 12.3 Å². The maximum Gasteiger partial charge on any atom is 0.189 e. The normalized spacial score (nSPS) is 51.6. The average molecular weight is 433 g/mol. The van der Waals surface area contributed by atoms with E-state index in [2.05, 4.69) is 0 Å². The quantitative estimate of drug-likeness (QED) is 0.211. The van der Waals surface area contributed by atoms with Crippen molar-refractivity contribution in [2.75, 3.05) is 6.61 Å². The van der Waals surface area contributed by atoms with Crippen LogP contribution in [0, 0.1) is 17.2 Å². The van der Waals surface area contributed by atoms with Crippen LogP contribution in [0.2, 0.25) is 0 Å². The van der Waals surface area contributed by atoms with Crippen molar-refractivity contribution in [1.82, 2.24) is 0 Å². The van der Waals surface area contributed by atoms with Gasteiger partial charge in [-0.15, -0.1) is 0 Å². The molecule has 0 saturated carbocycles. The fourth-order valence-corrected chi connectivity index (χ4v) is 3.73. The van der Waals surface area contributed by atoms with Crippen molar-refractivity contribution >= 4 is 0 Å². The van der Waals surface area contributed by atoms with E-state index in [1.807, 2.05) is 6.07 Å². The molecule has 7 N–H and O–H groups in total. The van der Waals surface area contributed by atoms with E-state index in [0.29, 0.717) is 0 Å². The summed E-state index contributed by atoms with van der Waals surface area (Å²) in [5.41, 5.74) is -1.58. The fraction of sp³-hybridized carbons (Fsp3) is 0.833. The predicted molar refractivity (Wildman–Crippen MR) is 93.9 cm³/mol. The summed E-state index contributed by atoms with van der Waals surface area (Å²) in [5.74, 6) is -0.826. The van der Waals surface area contributed by atoms with Crippen LogP contribution in [0.3, 0.4) is 0 Å². The molecule has 0 radical (unpaired) electrons. The van der Waals surface area contributed by atoms with Gasteiger partial charge in [-0.25, -0.2) is 0 Å². The van der Waals surface area contributed by atoms with Crippen LogP contribution >= 0.6 is 0 Å². The van der Waals surface area contributed by atoms with Crippen LogP contribution in [-0.4, -0.2) is 110 Å². The standard InChI is InChI=1S/C18H27NO11/c1-7-10(22)12(24)15(26)29-16(7)28-14-9(5-20)27-17(13(25)11(14)23)30-18(6-19)3-2-8(21)4-18/h2-3,7-17,20-26H,4-5H2,1H3. The number of rotatable bonds is 5. The minimum atomic E-state index is -1.74. The molecule has 12 nitrogen and oxygen atoms in total. The van der Waals surface area contributed by atoms with Gasteiger partial charge >= 0.3 is 0 Å². The Kier molecular flexibility index (Phi) is 7.12. The molecular formula is C18H27NO11. The van der Waals surface area contributed by atoms with Crippen LogP contribution in [0.25, 0.3) is 0 Å². The lowest BCUT2D eigenvalue weighted by molar-refractivity contribution is -0.373. The average Bonchev–Trinajstić information content (AvgIpc) is 3.10. The van der Waals surface area contributed by atoms with Gasteiger partial charge in [0.05, 0.1) is 18.8 Å². The highest BCUT2D eigenvalue weighted by Crippen LogP contribution is 2.35. The van der Waals surface area contributed by atoms with Gasteiger partial charge in [-0.05, 0) is 6.08 Å². The summed E-state index contributed by atoms with van der Waals surface area (Å²) in [7, 11) is 0. The Bertz CT molecular complexity index is 669. The second kappa shape index (κ2) is 9.11. The molecule has 0 amide bonds. The summed E-state index contributed by atoms with van der Waals surface area (Å²) < 4.78 is 21.7. The van der Waals surface area contributed by atoms with Crippen LogP contribution in [-0.2, 0) is 18.9 Å². The minimum absolute atomic E-state index is 0.0958. The smallest absolute Gasteiger partial charge is 0.189 e. The van der Waals surface area contributed by atoms with Gasteiger partial charge in [-0.1, -0.05) is 13.0 Å². The summed E-state index contributed by atoms with van der Waals surface area (Å²) in [5, 5.41) is 79.2. The van der Waals surface area contributed by atoms with Gasteiger partial charge in [0.2, 0.25) is 0 Å². The summed E-state index contributed by atoms with van der Waals surface area (Å²) in [6, 6.07) is 1.89. The van der Waals surface area contributed by atoms with Crippen molar-refractivity contribution in [3.8, 4) is 6.07 Å². The number of hydrogen-bond donors (Lipinski definition) is 7. The van der Waals surface area contributed by atoms with Crippen molar-refractivity contribution in [3.63, 3.8) is 0 Å². The van der Waals surface area contributed by atoms with Crippen molar-refractivity contribution in [3.05, 3.63) is 12.2 Å². The molecule has 12 unspecified atom stereocenters. The lowest BCUT2D eigenvalue weighted by atomic mass is 9.94. The Morgan fingerprint density at radius 2 is 1.73 bits per heavy atom. The SMILES string of the molecule is CC1C(OC2C(CO)OC(OC3(C#N)C=CC(O)C3)C(O)C2O)OC(O)C(O)C1O. The van der Waals surface area contributed by atoms with Crippen LogP contribution < -0.4 is 0 Å². The number of aliphatic hydroxyl groups excluding tert-OH is 7. The molecule has 0 aromatic carbocycles. The Morgan fingerprint density at radius 1 is 1.03 bits per heavy atom. The fourth-order valence-electron chi connectivity index (χ4n) is 3.73. The van der Waals surface area contributed by atoms with Gasteiger partial charge in [-0.3, -0.25) is 0 Å². The van der Waals surface area contributed by atoms with E-state index in [9.17, 15) is 41.0 Å². The highest BCUT2D eigenvalue weighted by Gasteiger charge is 2.52.